The average molecular weight is 327 g/mol. The van der Waals surface area contributed by atoms with Crippen LogP contribution in [0.1, 0.15) is 41.9 Å². The molecule has 1 fully saturated rings. The molecule has 4 rings (SSSR count). The molecule has 2 heterocycles. The minimum absolute atomic E-state index is 0.101. The molecule has 2 aliphatic rings. The SMILES string of the molecule is COc1ccc2c(c1)C(NC[C@@H]1CCO[C@H]1c1nccn1C)CC2. The first-order valence-corrected chi connectivity index (χ1v) is 8.75. The van der Waals surface area contributed by atoms with Crippen LogP contribution in [0.2, 0.25) is 0 Å². The minimum atomic E-state index is 0.101. The van der Waals surface area contributed by atoms with Crippen molar-refractivity contribution in [2.45, 2.75) is 31.4 Å². The lowest BCUT2D eigenvalue weighted by atomic mass is 9.99. The van der Waals surface area contributed by atoms with E-state index in [0.717, 1.165) is 44.0 Å². The van der Waals surface area contributed by atoms with E-state index in [2.05, 4.69) is 33.1 Å². The van der Waals surface area contributed by atoms with Crippen molar-refractivity contribution in [1.29, 1.82) is 0 Å². The second-order valence-corrected chi connectivity index (χ2v) is 6.80. The molecule has 0 saturated carbocycles. The van der Waals surface area contributed by atoms with Gasteiger partial charge in [-0.15, -0.1) is 0 Å². The van der Waals surface area contributed by atoms with Gasteiger partial charge in [-0.2, -0.15) is 0 Å². The Balaban J connectivity index is 1.44. The van der Waals surface area contributed by atoms with E-state index in [1.807, 2.05) is 19.4 Å². The van der Waals surface area contributed by atoms with Gasteiger partial charge < -0.3 is 19.4 Å². The van der Waals surface area contributed by atoms with Gasteiger partial charge in [0.25, 0.3) is 0 Å². The van der Waals surface area contributed by atoms with Crippen molar-refractivity contribution in [2.75, 3.05) is 20.3 Å². The summed E-state index contributed by atoms with van der Waals surface area (Å²) in [5.41, 5.74) is 2.83. The van der Waals surface area contributed by atoms with Gasteiger partial charge in [-0.1, -0.05) is 6.07 Å². The van der Waals surface area contributed by atoms with E-state index >= 15 is 0 Å². The zero-order valence-corrected chi connectivity index (χ0v) is 14.4. The number of nitrogens with zero attached hydrogens (tertiary/aromatic N) is 2. The summed E-state index contributed by atoms with van der Waals surface area (Å²) >= 11 is 0. The third-order valence-corrected chi connectivity index (χ3v) is 5.38. The van der Waals surface area contributed by atoms with Gasteiger partial charge in [-0.05, 0) is 42.5 Å². The molecule has 128 valence electrons. The number of hydrogen-bond acceptors (Lipinski definition) is 4. The Labute approximate surface area is 143 Å². The van der Waals surface area contributed by atoms with Gasteiger partial charge in [0.2, 0.25) is 0 Å². The van der Waals surface area contributed by atoms with E-state index in [1.165, 1.54) is 11.1 Å². The molecule has 0 bridgehead atoms. The Hall–Kier alpha value is -1.85. The molecule has 1 aromatic carbocycles. The Morgan fingerprint density at radius 2 is 2.29 bits per heavy atom. The normalized spacial score (nSPS) is 25.8. The van der Waals surface area contributed by atoms with Crippen LogP contribution in [-0.4, -0.2) is 29.8 Å². The predicted molar refractivity (Wildman–Crippen MR) is 92.1 cm³/mol. The van der Waals surface area contributed by atoms with Crippen LogP contribution < -0.4 is 10.1 Å². The van der Waals surface area contributed by atoms with Crippen molar-refractivity contribution in [3.05, 3.63) is 47.5 Å². The van der Waals surface area contributed by atoms with E-state index in [0.29, 0.717) is 12.0 Å². The number of benzene rings is 1. The molecule has 1 aromatic heterocycles. The monoisotopic (exact) mass is 327 g/mol. The third-order valence-electron chi connectivity index (χ3n) is 5.38. The molecule has 3 atom stereocenters. The number of imidazole rings is 1. The number of aromatic nitrogens is 2. The number of rotatable bonds is 5. The molecule has 5 nitrogen and oxygen atoms in total. The molecule has 24 heavy (non-hydrogen) atoms. The van der Waals surface area contributed by atoms with E-state index in [1.54, 1.807) is 7.11 Å². The predicted octanol–water partition coefficient (Wildman–Crippen LogP) is 2.78. The summed E-state index contributed by atoms with van der Waals surface area (Å²) in [5, 5.41) is 3.77. The zero-order chi connectivity index (χ0) is 16.5. The lowest BCUT2D eigenvalue weighted by Gasteiger charge is -2.22. The molecule has 1 saturated heterocycles. The molecule has 0 amide bonds. The number of nitrogens with one attached hydrogen (secondary N) is 1. The van der Waals surface area contributed by atoms with Crippen LogP contribution in [0.4, 0.5) is 0 Å². The number of methoxy groups -OCH3 is 1. The van der Waals surface area contributed by atoms with Gasteiger partial charge >= 0.3 is 0 Å². The van der Waals surface area contributed by atoms with Gasteiger partial charge in [-0.25, -0.2) is 4.98 Å². The topological polar surface area (TPSA) is 48.3 Å². The summed E-state index contributed by atoms with van der Waals surface area (Å²) in [6.45, 7) is 1.78. The highest BCUT2D eigenvalue weighted by Gasteiger charge is 2.33. The maximum atomic E-state index is 5.97. The maximum absolute atomic E-state index is 5.97. The maximum Gasteiger partial charge on any atom is 0.137 e. The van der Waals surface area contributed by atoms with Crippen LogP contribution in [0.25, 0.3) is 0 Å². The second-order valence-electron chi connectivity index (χ2n) is 6.80. The van der Waals surface area contributed by atoms with E-state index in [4.69, 9.17) is 9.47 Å². The number of ether oxygens (including phenoxy) is 2. The quantitative estimate of drug-likeness (QED) is 0.917. The molecule has 1 unspecified atom stereocenters. The standard InChI is InChI=1S/C19H25N3O2/c1-22-9-8-20-19(22)18-14(7-10-24-18)12-21-17-6-4-13-3-5-15(23-2)11-16(13)17/h3,5,8-9,11,14,17-18,21H,4,6-7,10,12H2,1-2H3/t14-,17?,18+/m0/s1. The number of aryl methyl sites for hydroxylation is 2. The molecular formula is C19H25N3O2. The van der Waals surface area contributed by atoms with Crippen molar-refractivity contribution in [3.8, 4) is 5.75 Å². The summed E-state index contributed by atoms with van der Waals surface area (Å²) in [6.07, 6.45) is 7.32. The first-order chi connectivity index (χ1) is 11.8. The van der Waals surface area contributed by atoms with Crippen LogP contribution in [0.15, 0.2) is 30.6 Å². The smallest absolute Gasteiger partial charge is 0.137 e. The van der Waals surface area contributed by atoms with E-state index < -0.39 is 0 Å². The van der Waals surface area contributed by atoms with Crippen LogP contribution in [0.3, 0.4) is 0 Å². The summed E-state index contributed by atoms with van der Waals surface area (Å²) in [7, 11) is 3.76. The summed E-state index contributed by atoms with van der Waals surface area (Å²) in [4.78, 5) is 4.48. The molecule has 1 N–H and O–H groups in total. The zero-order valence-electron chi connectivity index (χ0n) is 14.4. The Morgan fingerprint density at radius 1 is 1.38 bits per heavy atom. The summed E-state index contributed by atoms with van der Waals surface area (Å²) in [6, 6.07) is 6.85. The van der Waals surface area contributed by atoms with Crippen LogP contribution >= 0.6 is 0 Å². The highest BCUT2D eigenvalue weighted by atomic mass is 16.5. The molecule has 2 aromatic rings. The molecule has 1 aliphatic carbocycles. The molecule has 0 radical (unpaired) electrons. The Bertz CT molecular complexity index is 712. The highest BCUT2D eigenvalue weighted by Crippen LogP contribution is 2.36. The number of hydrogen-bond donors (Lipinski definition) is 1. The lowest BCUT2D eigenvalue weighted by Crippen LogP contribution is -2.28. The van der Waals surface area contributed by atoms with Crippen molar-refractivity contribution >= 4 is 0 Å². The van der Waals surface area contributed by atoms with Gasteiger partial charge in [0.1, 0.15) is 17.7 Å². The van der Waals surface area contributed by atoms with Gasteiger partial charge in [-0.3, -0.25) is 0 Å². The molecular weight excluding hydrogens is 302 g/mol. The van der Waals surface area contributed by atoms with Crippen LogP contribution in [0, 0.1) is 5.92 Å². The van der Waals surface area contributed by atoms with E-state index in [-0.39, 0.29) is 6.10 Å². The summed E-state index contributed by atoms with van der Waals surface area (Å²) in [5.74, 6) is 2.45. The van der Waals surface area contributed by atoms with Crippen molar-refractivity contribution in [1.82, 2.24) is 14.9 Å². The fraction of sp³-hybridized carbons (Fsp3) is 0.526. The highest BCUT2D eigenvalue weighted by molar-refractivity contribution is 5.40. The minimum Gasteiger partial charge on any atom is -0.497 e. The van der Waals surface area contributed by atoms with Crippen molar-refractivity contribution in [3.63, 3.8) is 0 Å². The second kappa shape index (κ2) is 6.57. The lowest BCUT2D eigenvalue weighted by molar-refractivity contribution is 0.0804. The number of fused-ring (bicyclic) bond motifs is 1. The Morgan fingerprint density at radius 3 is 3.08 bits per heavy atom. The van der Waals surface area contributed by atoms with Gasteiger partial charge in [0, 0.05) is 44.6 Å². The van der Waals surface area contributed by atoms with Crippen molar-refractivity contribution < 1.29 is 9.47 Å². The fourth-order valence-corrected chi connectivity index (χ4v) is 3.99. The molecule has 0 spiro atoms. The fourth-order valence-electron chi connectivity index (χ4n) is 3.99. The first-order valence-electron chi connectivity index (χ1n) is 8.75. The van der Waals surface area contributed by atoms with Gasteiger partial charge in [0.15, 0.2) is 0 Å². The summed E-state index contributed by atoms with van der Waals surface area (Å²) < 4.78 is 13.4. The third kappa shape index (κ3) is 2.82. The first kappa shape index (κ1) is 15.7. The largest absolute Gasteiger partial charge is 0.497 e. The van der Waals surface area contributed by atoms with Crippen LogP contribution in [-0.2, 0) is 18.2 Å². The van der Waals surface area contributed by atoms with Crippen LogP contribution in [0.5, 0.6) is 5.75 Å². The average Bonchev–Trinajstić information content (AvgIpc) is 3.31. The van der Waals surface area contributed by atoms with Gasteiger partial charge in [0.05, 0.1) is 7.11 Å². The molecule has 1 aliphatic heterocycles. The van der Waals surface area contributed by atoms with E-state index in [9.17, 15) is 0 Å². The molecule has 5 heteroatoms. The Kier molecular flexibility index (Phi) is 4.29. The van der Waals surface area contributed by atoms with Crippen molar-refractivity contribution in [2.24, 2.45) is 13.0 Å².